The van der Waals surface area contributed by atoms with Crippen molar-refractivity contribution in [3.8, 4) is 0 Å². The quantitative estimate of drug-likeness (QED) is 0.772. The van der Waals surface area contributed by atoms with E-state index in [0.717, 1.165) is 27.1 Å². The maximum Gasteiger partial charge on any atom is 0.137 e. The van der Waals surface area contributed by atoms with Gasteiger partial charge in [0.1, 0.15) is 5.82 Å². The van der Waals surface area contributed by atoms with Crippen LogP contribution in [0.3, 0.4) is 0 Å². The summed E-state index contributed by atoms with van der Waals surface area (Å²) in [5.74, 6) is 0.857. The molecule has 3 rings (SSSR count). The van der Waals surface area contributed by atoms with Gasteiger partial charge in [-0.1, -0.05) is 40.2 Å². The van der Waals surface area contributed by atoms with Gasteiger partial charge in [0, 0.05) is 21.5 Å². The first kappa shape index (κ1) is 15.1. The summed E-state index contributed by atoms with van der Waals surface area (Å²) in [6.07, 6.45) is 1.03. The van der Waals surface area contributed by atoms with Crippen molar-refractivity contribution in [1.82, 2.24) is 5.32 Å². The molecule has 0 fully saturated rings. The third-order valence-corrected chi connectivity index (χ3v) is 5.48. The first-order valence-electron chi connectivity index (χ1n) is 7.08. The third kappa shape index (κ3) is 3.33. The van der Waals surface area contributed by atoms with Crippen molar-refractivity contribution < 1.29 is 4.39 Å². The van der Waals surface area contributed by atoms with Crippen LogP contribution in [0.2, 0.25) is 0 Å². The van der Waals surface area contributed by atoms with Crippen LogP contribution >= 0.6 is 27.7 Å². The molecule has 2 aromatic carbocycles. The number of halogens is 2. The Morgan fingerprint density at radius 1 is 1.29 bits per heavy atom. The predicted octanol–water partition coefficient (Wildman–Crippen LogP) is 5.48. The molecule has 1 aliphatic heterocycles. The summed E-state index contributed by atoms with van der Waals surface area (Å²) in [6, 6.07) is 14.1. The lowest BCUT2D eigenvalue weighted by molar-refractivity contribution is 0.444. The average Bonchev–Trinajstić information content (AvgIpc) is 2.48. The maximum absolute atomic E-state index is 13.9. The minimum atomic E-state index is -0.0980. The molecule has 1 aliphatic rings. The van der Waals surface area contributed by atoms with E-state index in [-0.39, 0.29) is 17.9 Å². The second-order valence-corrected chi connectivity index (χ2v) is 7.31. The van der Waals surface area contributed by atoms with Gasteiger partial charge in [-0.05, 0) is 48.4 Å². The highest BCUT2D eigenvalue weighted by Crippen LogP contribution is 2.38. The fourth-order valence-corrected chi connectivity index (χ4v) is 4.29. The third-order valence-electron chi connectivity index (χ3n) is 3.83. The van der Waals surface area contributed by atoms with Crippen LogP contribution in [0.1, 0.15) is 36.6 Å². The summed E-state index contributed by atoms with van der Waals surface area (Å²) in [5.41, 5.74) is 2.33. The SMILES string of the molecule is CC(NC1CCSc2c(F)cccc21)c1cccc(Br)c1. The average molecular weight is 366 g/mol. The predicted molar refractivity (Wildman–Crippen MR) is 90.2 cm³/mol. The van der Waals surface area contributed by atoms with Crippen molar-refractivity contribution in [2.45, 2.75) is 30.3 Å². The van der Waals surface area contributed by atoms with Crippen molar-refractivity contribution in [1.29, 1.82) is 0 Å². The minimum absolute atomic E-state index is 0.0980. The van der Waals surface area contributed by atoms with E-state index < -0.39 is 0 Å². The standard InChI is InChI=1S/C17H17BrFNS/c1-11(12-4-2-5-13(18)10-12)20-16-8-9-21-17-14(16)6-3-7-15(17)19/h2-7,10-11,16,20H,8-9H2,1H3. The molecular weight excluding hydrogens is 349 g/mol. The van der Waals surface area contributed by atoms with Crippen LogP contribution in [0.25, 0.3) is 0 Å². The minimum Gasteiger partial charge on any atom is -0.303 e. The van der Waals surface area contributed by atoms with Gasteiger partial charge < -0.3 is 5.32 Å². The molecule has 0 saturated carbocycles. The van der Waals surface area contributed by atoms with Crippen LogP contribution in [0, 0.1) is 5.82 Å². The molecule has 110 valence electrons. The van der Waals surface area contributed by atoms with Crippen molar-refractivity contribution in [3.63, 3.8) is 0 Å². The smallest absolute Gasteiger partial charge is 0.137 e. The monoisotopic (exact) mass is 365 g/mol. The first-order valence-corrected chi connectivity index (χ1v) is 8.86. The van der Waals surface area contributed by atoms with Gasteiger partial charge in [0.15, 0.2) is 0 Å². The maximum atomic E-state index is 13.9. The molecule has 2 aromatic rings. The van der Waals surface area contributed by atoms with Crippen molar-refractivity contribution >= 4 is 27.7 Å². The van der Waals surface area contributed by atoms with Crippen molar-refractivity contribution in [2.75, 3.05) is 5.75 Å². The summed E-state index contributed by atoms with van der Waals surface area (Å²) in [4.78, 5) is 0.808. The number of thioether (sulfide) groups is 1. The summed E-state index contributed by atoms with van der Waals surface area (Å²) >= 11 is 5.13. The normalized spacial score (nSPS) is 19.1. The Labute approximate surface area is 137 Å². The topological polar surface area (TPSA) is 12.0 Å². The van der Waals surface area contributed by atoms with E-state index in [1.807, 2.05) is 18.2 Å². The van der Waals surface area contributed by atoms with Crippen LogP contribution < -0.4 is 5.32 Å². The number of hydrogen-bond acceptors (Lipinski definition) is 2. The molecule has 0 spiro atoms. The van der Waals surface area contributed by atoms with E-state index >= 15 is 0 Å². The zero-order chi connectivity index (χ0) is 14.8. The van der Waals surface area contributed by atoms with E-state index in [1.165, 1.54) is 5.56 Å². The molecule has 0 bridgehead atoms. The molecular formula is C17H17BrFNS. The molecule has 0 amide bonds. The molecule has 4 heteroatoms. The summed E-state index contributed by atoms with van der Waals surface area (Å²) in [5, 5.41) is 3.64. The molecule has 2 unspecified atom stereocenters. The van der Waals surface area contributed by atoms with E-state index in [2.05, 4.69) is 40.3 Å². The van der Waals surface area contributed by atoms with E-state index in [4.69, 9.17) is 0 Å². The van der Waals surface area contributed by atoms with Crippen LogP contribution in [0.4, 0.5) is 4.39 Å². The molecule has 21 heavy (non-hydrogen) atoms. The van der Waals surface area contributed by atoms with Gasteiger partial charge in [0.05, 0.1) is 0 Å². The van der Waals surface area contributed by atoms with E-state index in [0.29, 0.717) is 0 Å². The van der Waals surface area contributed by atoms with Crippen LogP contribution in [-0.4, -0.2) is 5.75 Å². The molecule has 1 heterocycles. The second-order valence-electron chi connectivity index (χ2n) is 5.29. The Kier molecular flexibility index (Phi) is 4.67. The Morgan fingerprint density at radius 3 is 2.90 bits per heavy atom. The number of fused-ring (bicyclic) bond motifs is 1. The molecule has 0 radical (unpaired) electrons. The van der Waals surface area contributed by atoms with Gasteiger partial charge in [-0.15, -0.1) is 11.8 Å². The van der Waals surface area contributed by atoms with E-state index in [9.17, 15) is 4.39 Å². The van der Waals surface area contributed by atoms with E-state index in [1.54, 1.807) is 23.9 Å². The number of benzene rings is 2. The van der Waals surface area contributed by atoms with Crippen molar-refractivity contribution in [3.05, 3.63) is 63.9 Å². The lowest BCUT2D eigenvalue weighted by Gasteiger charge is -2.29. The molecule has 0 saturated heterocycles. The van der Waals surface area contributed by atoms with Crippen LogP contribution in [0.5, 0.6) is 0 Å². The van der Waals surface area contributed by atoms with Crippen LogP contribution in [0.15, 0.2) is 51.8 Å². The Bertz CT molecular complexity index is 646. The molecule has 1 N–H and O–H groups in total. The molecule has 0 aromatic heterocycles. The van der Waals surface area contributed by atoms with Gasteiger partial charge in [0.25, 0.3) is 0 Å². The summed E-state index contributed by atoms with van der Waals surface area (Å²) < 4.78 is 15.0. The van der Waals surface area contributed by atoms with Gasteiger partial charge >= 0.3 is 0 Å². The molecule has 1 nitrogen and oxygen atoms in total. The number of nitrogens with one attached hydrogen (secondary N) is 1. The summed E-state index contributed by atoms with van der Waals surface area (Å²) in [7, 11) is 0. The molecule has 0 aliphatic carbocycles. The Balaban J connectivity index is 1.82. The highest BCUT2D eigenvalue weighted by molar-refractivity contribution is 9.10. The lowest BCUT2D eigenvalue weighted by atomic mass is 10.0. The number of hydrogen-bond donors (Lipinski definition) is 1. The fraction of sp³-hybridized carbons (Fsp3) is 0.294. The van der Waals surface area contributed by atoms with Gasteiger partial charge in [-0.2, -0.15) is 0 Å². The lowest BCUT2D eigenvalue weighted by Crippen LogP contribution is -2.27. The number of rotatable bonds is 3. The fourth-order valence-electron chi connectivity index (χ4n) is 2.73. The van der Waals surface area contributed by atoms with Gasteiger partial charge in [-0.25, -0.2) is 4.39 Å². The van der Waals surface area contributed by atoms with Crippen molar-refractivity contribution in [2.24, 2.45) is 0 Å². The Morgan fingerprint density at radius 2 is 2.10 bits per heavy atom. The van der Waals surface area contributed by atoms with Gasteiger partial charge in [0.2, 0.25) is 0 Å². The first-order chi connectivity index (χ1) is 10.1. The van der Waals surface area contributed by atoms with Crippen LogP contribution in [-0.2, 0) is 0 Å². The highest BCUT2D eigenvalue weighted by Gasteiger charge is 2.24. The second kappa shape index (κ2) is 6.51. The van der Waals surface area contributed by atoms with Gasteiger partial charge in [-0.3, -0.25) is 0 Å². The molecule has 2 atom stereocenters. The largest absolute Gasteiger partial charge is 0.303 e. The Hall–Kier alpha value is -0.840. The highest BCUT2D eigenvalue weighted by atomic mass is 79.9. The zero-order valence-corrected chi connectivity index (χ0v) is 14.2. The zero-order valence-electron chi connectivity index (χ0n) is 11.8. The summed E-state index contributed by atoms with van der Waals surface area (Å²) in [6.45, 7) is 2.16.